The summed E-state index contributed by atoms with van der Waals surface area (Å²) in [4.78, 5) is 52.5. The van der Waals surface area contributed by atoms with Gasteiger partial charge in [0.15, 0.2) is 0 Å². The average Bonchev–Trinajstić information content (AvgIpc) is 3.33. The number of fused-ring (bicyclic) bond motifs is 1. The van der Waals surface area contributed by atoms with Gasteiger partial charge in [-0.3, -0.25) is 9.59 Å². The molecule has 1 aromatic rings. The second-order valence-corrected chi connectivity index (χ2v) is 10.3. The standard InChI is InChI=1S/C26H36N2O7/c1-7-33-21(30)19-18-17(20(29)27-15-16-12-10-9-11-13-16)14-26(25(18,19)6,22(31)34-8-2)28-23(32)35-24(3,4)5/h9-13,17-19H,7-8,14-15H2,1-6H3,(H,27,29)(H,28,32). The van der Waals surface area contributed by atoms with Gasteiger partial charge in [-0.05, 0) is 52.5 Å². The third-order valence-electron chi connectivity index (χ3n) is 6.99. The van der Waals surface area contributed by atoms with Crippen molar-refractivity contribution >= 4 is 23.9 Å². The molecule has 3 rings (SSSR count). The van der Waals surface area contributed by atoms with Crippen molar-refractivity contribution in [1.29, 1.82) is 0 Å². The van der Waals surface area contributed by atoms with Crippen LogP contribution in [0.5, 0.6) is 0 Å². The predicted octanol–water partition coefficient (Wildman–Crippen LogP) is 2.96. The molecule has 0 aromatic heterocycles. The molecule has 0 bridgehead atoms. The largest absolute Gasteiger partial charge is 0.466 e. The van der Waals surface area contributed by atoms with E-state index in [4.69, 9.17) is 14.2 Å². The molecule has 2 fully saturated rings. The van der Waals surface area contributed by atoms with Crippen molar-refractivity contribution in [2.45, 2.75) is 65.6 Å². The van der Waals surface area contributed by atoms with Crippen LogP contribution >= 0.6 is 0 Å². The zero-order chi connectivity index (χ0) is 26.0. The molecule has 2 N–H and O–H groups in total. The summed E-state index contributed by atoms with van der Waals surface area (Å²) in [5.41, 5.74) is -2.59. The van der Waals surface area contributed by atoms with Crippen molar-refractivity contribution in [2.24, 2.45) is 23.2 Å². The number of rotatable bonds is 8. The Hall–Kier alpha value is -3.10. The number of alkyl carbamates (subject to hydrolysis) is 1. The van der Waals surface area contributed by atoms with Gasteiger partial charge in [-0.2, -0.15) is 0 Å². The maximum absolute atomic E-state index is 13.4. The van der Waals surface area contributed by atoms with E-state index in [-0.39, 0.29) is 25.5 Å². The highest BCUT2D eigenvalue weighted by Gasteiger charge is 2.85. The third-order valence-corrected chi connectivity index (χ3v) is 6.99. The molecule has 0 heterocycles. The molecule has 0 aliphatic heterocycles. The highest BCUT2D eigenvalue weighted by molar-refractivity contribution is 5.95. The molecule has 5 atom stereocenters. The molecule has 2 saturated carbocycles. The van der Waals surface area contributed by atoms with Crippen LogP contribution in [0.3, 0.4) is 0 Å². The van der Waals surface area contributed by atoms with Crippen LogP contribution in [-0.2, 0) is 35.1 Å². The predicted molar refractivity (Wildman–Crippen MR) is 127 cm³/mol. The van der Waals surface area contributed by atoms with Gasteiger partial charge in [0.1, 0.15) is 11.1 Å². The van der Waals surface area contributed by atoms with E-state index in [0.29, 0.717) is 6.54 Å². The molecular weight excluding hydrogens is 452 g/mol. The SMILES string of the molecule is CCOC(=O)C1C2C(C(=O)NCc3ccccc3)CC(NC(=O)OC(C)(C)C)(C(=O)OCC)C12C. The van der Waals surface area contributed by atoms with Gasteiger partial charge in [0.2, 0.25) is 5.91 Å². The zero-order valence-electron chi connectivity index (χ0n) is 21.3. The van der Waals surface area contributed by atoms with Crippen LogP contribution in [0.25, 0.3) is 0 Å². The lowest BCUT2D eigenvalue weighted by molar-refractivity contribution is -0.156. The number of esters is 2. The summed E-state index contributed by atoms with van der Waals surface area (Å²) in [6.07, 6.45) is -0.826. The van der Waals surface area contributed by atoms with E-state index in [1.54, 1.807) is 41.5 Å². The minimum atomic E-state index is -1.62. The first-order valence-electron chi connectivity index (χ1n) is 12.1. The highest BCUT2D eigenvalue weighted by atomic mass is 16.6. The van der Waals surface area contributed by atoms with Crippen LogP contribution in [0.15, 0.2) is 30.3 Å². The Labute approximate surface area is 206 Å². The zero-order valence-corrected chi connectivity index (χ0v) is 21.3. The fraction of sp³-hybridized carbons (Fsp3) is 0.615. The molecule has 9 heteroatoms. The molecule has 192 valence electrons. The van der Waals surface area contributed by atoms with Gasteiger partial charge in [-0.25, -0.2) is 9.59 Å². The lowest BCUT2D eigenvalue weighted by atomic mass is 9.79. The lowest BCUT2D eigenvalue weighted by Crippen LogP contribution is -2.61. The Morgan fingerprint density at radius 2 is 1.66 bits per heavy atom. The van der Waals surface area contributed by atoms with Crippen molar-refractivity contribution in [3.8, 4) is 0 Å². The van der Waals surface area contributed by atoms with E-state index in [1.165, 1.54) is 0 Å². The van der Waals surface area contributed by atoms with Crippen LogP contribution in [-0.4, -0.2) is 48.3 Å². The fourth-order valence-corrected chi connectivity index (χ4v) is 5.49. The van der Waals surface area contributed by atoms with E-state index in [0.717, 1.165) is 5.56 Å². The van der Waals surface area contributed by atoms with E-state index in [1.807, 2.05) is 30.3 Å². The Balaban J connectivity index is 1.95. The molecule has 0 spiro atoms. The Bertz CT molecular complexity index is 974. The Morgan fingerprint density at radius 3 is 2.23 bits per heavy atom. The topological polar surface area (TPSA) is 120 Å². The van der Waals surface area contributed by atoms with E-state index < -0.39 is 52.3 Å². The van der Waals surface area contributed by atoms with Crippen molar-refractivity contribution in [3.63, 3.8) is 0 Å². The van der Waals surface area contributed by atoms with E-state index >= 15 is 0 Å². The van der Waals surface area contributed by atoms with Gasteiger partial charge in [0, 0.05) is 17.9 Å². The Kier molecular flexibility index (Phi) is 7.48. The quantitative estimate of drug-likeness (QED) is 0.426. The molecule has 35 heavy (non-hydrogen) atoms. The van der Waals surface area contributed by atoms with Gasteiger partial charge in [0.05, 0.1) is 19.1 Å². The van der Waals surface area contributed by atoms with E-state index in [9.17, 15) is 19.2 Å². The van der Waals surface area contributed by atoms with Crippen molar-refractivity contribution < 1.29 is 33.4 Å². The fourth-order valence-electron chi connectivity index (χ4n) is 5.49. The van der Waals surface area contributed by atoms with Gasteiger partial charge >= 0.3 is 18.0 Å². The van der Waals surface area contributed by atoms with Crippen LogP contribution < -0.4 is 10.6 Å². The lowest BCUT2D eigenvalue weighted by Gasteiger charge is -2.37. The number of carbonyl (C=O) groups excluding carboxylic acids is 4. The normalized spacial score (nSPS) is 28.9. The maximum Gasteiger partial charge on any atom is 0.408 e. The second kappa shape index (κ2) is 9.87. The molecule has 2 aliphatic carbocycles. The molecule has 1 aromatic carbocycles. The minimum absolute atomic E-state index is 0.0111. The molecular formula is C26H36N2O7. The van der Waals surface area contributed by atoms with E-state index in [2.05, 4.69) is 10.6 Å². The first-order valence-corrected chi connectivity index (χ1v) is 12.1. The number of hydrogen-bond acceptors (Lipinski definition) is 7. The monoisotopic (exact) mass is 488 g/mol. The smallest absolute Gasteiger partial charge is 0.408 e. The van der Waals surface area contributed by atoms with Gasteiger partial charge in [0.25, 0.3) is 0 Å². The van der Waals surface area contributed by atoms with Crippen molar-refractivity contribution in [3.05, 3.63) is 35.9 Å². The summed E-state index contributed by atoms with van der Waals surface area (Å²) >= 11 is 0. The van der Waals surface area contributed by atoms with Crippen LogP contribution in [0.1, 0.15) is 53.5 Å². The van der Waals surface area contributed by atoms with Gasteiger partial charge < -0.3 is 24.8 Å². The van der Waals surface area contributed by atoms with Crippen molar-refractivity contribution in [2.75, 3.05) is 13.2 Å². The first-order chi connectivity index (χ1) is 16.4. The summed E-state index contributed by atoms with van der Waals surface area (Å²) in [7, 11) is 0. The number of hydrogen-bond donors (Lipinski definition) is 2. The summed E-state index contributed by atoms with van der Waals surface area (Å²) in [5, 5.41) is 5.65. The first kappa shape index (κ1) is 26.5. The minimum Gasteiger partial charge on any atom is -0.466 e. The van der Waals surface area contributed by atoms with Crippen LogP contribution in [0.4, 0.5) is 4.79 Å². The number of carbonyl (C=O) groups is 4. The summed E-state index contributed by atoms with van der Waals surface area (Å²) in [5.74, 6) is -3.45. The summed E-state index contributed by atoms with van der Waals surface area (Å²) in [6, 6.07) is 9.43. The number of ether oxygens (including phenoxy) is 3. The molecule has 2 amide bonds. The molecule has 0 saturated heterocycles. The average molecular weight is 489 g/mol. The molecule has 9 nitrogen and oxygen atoms in total. The van der Waals surface area contributed by atoms with Crippen LogP contribution in [0.2, 0.25) is 0 Å². The van der Waals surface area contributed by atoms with Crippen molar-refractivity contribution in [1.82, 2.24) is 10.6 Å². The Morgan fingerprint density at radius 1 is 1.03 bits per heavy atom. The second-order valence-electron chi connectivity index (χ2n) is 10.3. The molecule has 2 aliphatic rings. The summed E-state index contributed by atoms with van der Waals surface area (Å²) < 4.78 is 16.1. The number of amides is 2. The highest BCUT2D eigenvalue weighted by Crippen LogP contribution is 2.75. The third kappa shape index (κ3) is 4.99. The van der Waals surface area contributed by atoms with Crippen LogP contribution in [0, 0.1) is 23.2 Å². The van der Waals surface area contributed by atoms with Gasteiger partial charge in [-0.15, -0.1) is 0 Å². The summed E-state index contributed by atoms with van der Waals surface area (Å²) in [6.45, 7) is 10.8. The molecule has 0 radical (unpaired) electrons. The number of benzene rings is 1. The molecule has 5 unspecified atom stereocenters. The van der Waals surface area contributed by atoms with Gasteiger partial charge in [-0.1, -0.05) is 37.3 Å². The number of nitrogens with one attached hydrogen (secondary N) is 2. The maximum atomic E-state index is 13.4.